The maximum atomic E-state index is 12.6. The number of nitrogens with one attached hydrogen (secondary N) is 1. The van der Waals surface area contributed by atoms with E-state index in [0.717, 1.165) is 29.7 Å². The zero-order valence-electron chi connectivity index (χ0n) is 17.7. The number of carbonyl (C=O) groups is 1. The van der Waals surface area contributed by atoms with Crippen molar-refractivity contribution in [2.75, 3.05) is 13.7 Å². The number of amides is 1. The second-order valence-corrected chi connectivity index (χ2v) is 7.61. The molecule has 152 valence electrons. The summed E-state index contributed by atoms with van der Waals surface area (Å²) in [5.74, 6) is 1.87. The first-order chi connectivity index (χ1) is 13.4. The van der Waals surface area contributed by atoms with Crippen molar-refractivity contribution in [1.29, 1.82) is 0 Å². The lowest BCUT2D eigenvalue weighted by molar-refractivity contribution is -0.122. The molecule has 0 saturated carbocycles. The van der Waals surface area contributed by atoms with Crippen LogP contribution < -0.4 is 14.8 Å². The fraction of sp³-hybridized carbons (Fsp3) is 0.458. The molecule has 0 heterocycles. The van der Waals surface area contributed by atoms with Gasteiger partial charge in [0.2, 0.25) is 5.91 Å². The normalized spacial score (nSPS) is 11.9. The summed E-state index contributed by atoms with van der Waals surface area (Å²) < 4.78 is 11.1. The van der Waals surface area contributed by atoms with Gasteiger partial charge >= 0.3 is 0 Å². The van der Waals surface area contributed by atoms with Crippen molar-refractivity contribution in [3.05, 3.63) is 59.2 Å². The van der Waals surface area contributed by atoms with Crippen molar-refractivity contribution in [2.45, 2.75) is 53.0 Å². The maximum Gasteiger partial charge on any atom is 0.227 e. The van der Waals surface area contributed by atoms with E-state index in [9.17, 15) is 4.79 Å². The minimum atomic E-state index is -0.192. The molecule has 0 aromatic heterocycles. The predicted octanol–water partition coefficient (Wildman–Crippen LogP) is 5.10. The predicted molar refractivity (Wildman–Crippen MR) is 114 cm³/mol. The largest absolute Gasteiger partial charge is 0.493 e. The molecule has 0 saturated heterocycles. The highest BCUT2D eigenvalue weighted by Crippen LogP contribution is 2.28. The van der Waals surface area contributed by atoms with E-state index in [4.69, 9.17) is 9.47 Å². The van der Waals surface area contributed by atoms with Crippen molar-refractivity contribution in [1.82, 2.24) is 5.32 Å². The molecule has 0 aliphatic rings. The van der Waals surface area contributed by atoms with E-state index in [1.165, 1.54) is 5.56 Å². The van der Waals surface area contributed by atoms with Crippen LogP contribution in [0.15, 0.2) is 42.5 Å². The summed E-state index contributed by atoms with van der Waals surface area (Å²) in [5.41, 5.74) is 3.32. The van der Waals surface area contributed by atoms with Gasteiger partial charge in [-0.25, -0.2) is 0 Å². The van der Waals surface area contributed by atoms with E-state index >= 15 is 0 Å². The summed E-state index contributed by atoms with van der Waals surface area (Å²) in [5, 5.41) is 3.02. The Labute approximate surface area is 169 Å². The van der Waals surface area contributed by atoms with Gasteiger partial charge in [-0.3, -0.25) is 4.79 Å². The molecule has 1 atom stereocenters. The number of methoxy groups -OCH3 is 1. The van der Waals surface area contributed by atoms with Crippen LogP contribution in [-0.2, 0) is 17.8 Å². The van der Waals surface area contributed by atoms with Gasteiger partial charge in [0.25, 0.3) is 0 Å². The molecule has 0 spiro atoms. The molecular weight excluding hydrogens is 350 g/mol. The van der Waals surface area contributed by atoms with Crippen LogP contribution in [0, 0.1) is 5.92 Å². The topological polar surface area (TPSA) is 47.6 Å². The highest BCUT2D eigenvalue weighted by atomic mass is 16.5. The Bertz CT molecular complexity index is 753. The lowest BCUT2D eigenvalue weighted by Gasteiger charge is -2.15. The number of hydrogen-bond donors (Lipinski definition) is 1. The van der Waals surface area contributed by atoms with Gasteiger partial charge in [-0.2, -0.15) is 0 Å². The molecular formula is C24H33NO3. The molecule has 0 bridgehead atoms. The van der Waals surface area contributed by atoms with Crippen molar-refractivity contribution in [3.8, 4) is 11.5 Å². The third-order valence-electron chi connectivity index (χ3n) is 4.67. The lowest BCUT2D eigenvalue weighted by Crippen LogP contribution is -2.27. The lowest BCUT2D eigenvalue weighted by atomic mass is 9.96. The van der Waals surface area contributed by atoms with Gasteiger partial charge in [-0.15, -0.1) is 0 Å². The summed E-state index contributed by atoms with van der Waals surface area (Å²) in [4.78, 5) is 12.6. The third-order valence-corrected chi connectivity index (χ3v) is 4.67. The van der Waals surface area contributed by atoms with Gasteiger partial charge in [0.15, 0.2) is 11.5 Å². The molecule has 0 aliphatic carbocycles. The quantitative estimate of drug-likeness (QED) is 0.621. The first kappa shape index (κ1) is 21.8. The maximum absolute atomic E-state index is 12.6. The van der Waals surface area contributed by atoms with E-state index in [1.54, 1.807) is 7.11 Å². The highest BCUT2D eigenvalue weighted by Gasteiger charge is 2.15. The Morgan fingerprint density at radius 3 is 2.29 bits per heavy atom. The van der Waals surface area contributed by atoms with Crippen LogP contribution in [0.2, 0.25) is 0 Å². The molecule has 4 nitrogen and oxygen atoms in total. The Kier molecular flexibility index (Phi) is 8.37. The average molecular weight is 384 g/mol. The molecule has 2 rings (SSSR count). The van der Waals surface area contributed by atoms with Crippen LogP contribution in [0.4, 0.5) is 0 Å². The zero-order valence-corrected chi connectivity index (χ0v) is 17.7. The van der Waals surface area contributed by atoms with Crippen LogP contribution in [0.1, 0.15) is 56.7 Å². The first-order valence-corrected chi connectivity index (χ1v) is 10.1. The number of rotatable bonds is 10. The van der Waals surface area contributed by atoms with Gasteiger partial charge in [0, 0.05) is 6.54 Å². The fourth-order valence-corrected chi connectivity index (χ4v) is 3.06. The third kappa shape index (κ3) is 6.29. The smallest absolute Gasteiger partial charge is 0.227 e. The number of carbonyl (C=O) groups excluding carboxylic acids is 1. The first-order valence-electron chi connectivity index (χ1n) is 10.1. The van der Waals surface area contributed by atoms with Gasteiger partial charge in [0.05, 0.1) is 19.6 Å². The Morgan fingerprint density at radius 1 is 1.00 bits per heavy atom. The van der Waals surface area contributed by atoms with E-state index in [1.807, 2.05) is 25.1 Å². The molecule has 1 N–H and O–H groups in total. The van der Waals surface area contributed by atoms with Crippen LogP contribution in [0.5, 0.6) is 11.5 Å². The molecule has 1 unspecified atom stereocenters. The van der Waals surface area contributed by atoms with Gasteiger partial charge in [0.1, 0.15) is 0 Å². The van der Waals surface area contributed by atoms with E-state index in [-0.39, 0.29) is 11.8 Å². The fourth-order valence-electron chi connectivity index (χ4n) is 3.06. The molecule has 2 aromatic rings. The Morgan fingerprint density at radius 2 is 1.68 bits per heavy atom. The molecule has 0 fully saturated rings. The Hall–Kier alpha value is -2.49. The number of ether oxygens (including phenoxy) is 2. The molecule has 0 radical (unpaired) electrons. The summed E-state index contributed by atoms with van der Waals surface area (Å²) >= 11 is 0. The molecule has 4 heteroatoms. The van der Waals surface area contributed by atoms with Crippen molar-refractivity contribution < 1.29 is 14.3 Å². The van der Waals surface area contributed by atoms with Crippen LogP contribution in [-0.4, -0.2) is 19.6 Å². The Balaban J connectivity index is 1.95. The molecule has 2 aromatic carbocycles. The van der Waals surface area contributed by atoms with Gasteiger partial charge in [-0.05, 0) is 54.5 Å². The second-order valence-electron chi connectivity index (χ2n) is 7.61. The number of hydrogen-bond acceptors (Lipinski definition) is 3. The second kappa shape index (κ2) is 10.7. The number of benzene rings is 2. The monoisotopic (exact) mass is 383 g/mol. The summed E-state index contributed by atoms with van der Waals surface area (Å²) in [6.45, 7) is 9.53. The van der Waals surface area contributed by atoms with Crippen molar-refractivity contribution in [2.24, 2.45) is 5.92 Å². The minimum absolute atomic E-state index is 0.0156. The zero-order chi connectivity index (χ0) is 20.5. The molecule has 28 heavy (non-hydrogen) atoms. The van der Waals surface area contributed by atoms with E-state index in [0.29, 0.717) is 24.8 Å². The standard InChI is InChI=1S/C24H33NO3/c1-6-13-28-22-12-9-20(15-23(22)27-5)16-25-24(26)18(4)21-10-7-19(8-11-21)14-17(2)3/h7-12,15,17-18H,6,13-14,16H2,1-5H3,(H,25,26). The van der Waals surface area contributed by atoms with Crippen molar-refractivity contribution in [3.63, 3.8) is 0 Å². The van der Waals surface area contributed by atoms with Crippen LogP contribution in [0.3, 0.4) is 0 Å². The van der Waals surface area contributed by atoms with Gasteiger partial charge < -0.3 is 14.8 Å². The molecule has 0 aliphatic heterocycles. The van der Waals surface area contributed by atoms with Crippen molar-refractivity contribution >= 4 is 5.91 Å². The van der Waals surface area contributed by atoms with E-state index in [2.05, 4.69) is 50.4 Å². The van der Waals surface area contributed by atoms with Gasteiger partial charge in [-0.1, -0.05) is 51.1 Å². The van der Waals surface area contributed by atoms with Crippen LogP contribution >= 0.6 is 0 Å². The summed E-state index contributed by atoms with van der Waals surface area (Å²) in [6.07, 6.45) is 2.00. The minimum Gasteiger partial charge on any atom is -0.493 e. The van der Waals surface area contributed by atoms with E-state index < -0.39 is 0 Å². The summed E-state index contributed by atoms with van der Waals surface area (Å²) in [6, 6.07) is 14.1. The average Bonchev–Trinajstić information content (AvgIpc) is 2.70. The highest BCUT2D eigenvalue weighted by molar-refractivity contribution is 5.83. The summed E-state index contributed by atoms with van der Waals surface area (Å²) in [7, 11) is 1.63. The van der Waals surface area contributed by atoms with Crippen LogP contribution in [0.25, 0.3) is 0 Å². The molecule has 1 amide bonds. The SMILES string of the molecule is CCCOc1ccc(CNC(=O)C(C)c2ccc(CC(C)C)cc2)cc1OC.